The molecule has 0 amide bonds. The minimum atomic E-state index is -0.229. The molecule has 0 bridgehead atoms. The number of halogens is 1. The van der Waals surface area contributed by atoms with Crippen LogP contribution in [0.1, 0.15) is 23.9 Å². The fraction of sp³-hybridized carbons (Fsp3) is 0.250. The molecule has 0 spiro atoms. The zero-order chi connectivity index (χ0) is 14.2. The highest BCUT2D eigenvalue weighted by molar-refractivity contribution is 7.99. The van der Waals surface area contributed by atoms with Gasteiger partial charge in [0.1, 0.15) is 17.2 Å². The van der Waals surface area contributed by atoms with Crippen LogP contribution in [-0.2, 0) is 0 Å². The van der Waals surface area contributed by atoms with Crippen LogP contribution in [0, 0.1) is 5.82 Å². The lowest BCUT2D eigenvalue weighted by molar-refractivity contribution is 0.627. The topological polar surface area (TPSA) is 30.7 Å². The molecule has 1 aromatic carbocycles. The number of benzene rings is 1. The number of fused-ring (bicyclic) bond motifs is 1. The predicted octanol–water partition coefficient (Wildman–Crippen LogP) is 4.13. The van der Waals surface area contributed by atoms with Crippen molar-refractivity contribution in [2.24, 2.45) is 0 Å². The van der Waals surface area contributed by atoms with Crippen molar-refractivity contribution in [1.29, 1.82) is 0 Å². The van der Waals surface area contributed by atoms with Gasteiger partial charge in [-0.3, -0.25) is 4.57 Å². The second-order valence-electron chi connectivity index (χ2n) is 5.13. The summed E-state index contributed by atoms with van der Waals surface area (Å²) in [7, 11) is 0. The van der Waals surface area contributed by atoms with Crippen molar-refractivity contribution in [1.82, 2.24) is 14.5 Å². The van der Waals surface area contributed by atoms with E-state index in [4.69, 9.17) is 4.98 Å². The number of imidazole rings is 1. The van der Waals surface area contributed by atoms with Gasteiger partial charge in [0.05, 0.1) is 5.25 Å². The van der Waals surface area contributed by atoms with Crippen molar-refractivity contribution in [2.45, 2.75) is 18.1 Å². The van der Waals surface area contributed by atoms with Crippen LogP contribution in [0.4, 0.5) is 4.39 Å². The lowest BCUT2D eigenvalue weighted by Gasteiger charge is -2.12. The summed E-state index contributed by atoms with van der Waals surface area (Å²) in [4.78, 5) is 9.25. The smallest absolute Gasteiger partial charge is 0.164 e. The van der Waals surface area contributed by atoms with Gasteiger partial charge in [-0.1, -0.05) is 0 Å². The first kappa shape index (κ1) is 12.8. The van der Waals surface area contributed by atoms with Gasteiger partial charge in [0.2, 0.25) is 0 Å². The Morgan fingerprint density at radius 2 is 2.05 bits per heavy atom. The molecule has 5 heteroatoms. The molecule has 1 atom stereocenters. The minimum absolute atomic E-state index is 0.229. The molecule has 0 radical (unpaired) electrons. The quantitative estimate of drug-likeness (QED) is 0.713. The number of nitrogens with zero attached hydrogens (tertiary/aromatic N) is 3. The molecule has 3 heterocycles. The molecule has 1 fully saturated rings. The van der Waals surface area contributed by atoms with Gasteiger partial charge in [0.15, 0.2) is 5.65 Å². The molecular formula is C16H14FN3S. The Balaban J connectivity index is 1.95. The first-order valence-corrected chi connectivity index (χ1v) is 8.09. The number of rotatable bonds is 2. The first-order valence-electron chi connectivity index (χ1n) is 7.04. The number of pyridine rings is 1. The van der Waals surface area contributed by atoms with Crippen LogP contribution in [0.3, 0.4) is 0 Å². The molecule has 0 saturated carbocycles. The van der Waals surface area contributed by atoms with Gasteiger partial charge in [-0.15, -0.1) is 0 Å². The monoisotopic (exact) mass is 299 g/mol. The van der Waals surface area contributed by atoms with Crippen LogP contribution in [0.5, 0.6) is 0 Å². The van der Waals surface area contributed by atoms with E-state index in [1.54, 1.807) is 18.3 Å². The third kappa shape index (κ3) is 2.21. The third-order valence-corrected chi connectivity index (χ3v) is 5.12. The molecule has 1 aliphatic rings. The van der Waals surface area contributed by atoms with Crippen molar-refractivity contribution < 1.29 is 4.39 Å². The molecule has 0 N–H and O–H groups in total. The molecule has 3 aromatic rings. The van der Waals surface area contributed by atoms with Crippen molar-refractivity contribution in [3.63, 3.8) is 0 Å². The Labute approximate surface area is 126 Å². The van der Waals surface area contributed by atoms with Crippen molar-refractivity contribution in [3.8, 4) is 5.69 Å². The van der Waals surface area contributed by atoms with Gasteiger partial charge in [-0.2, -0.15) is 11.8 Å². The summed E-state index contributed by atoms with van der Waals surface area (Å²) >= 11 is 1.94. The number of hydrogen-bond acceptors (Lipinski definition) is 3. The van der Waals surface area contributed by atoms with E-state index in [0.29, 0.717) is 5.25 Å². The van der Waals surface area contributed by atoms with E-state index in [1.807, 2.05) is 23.9 Å². The maximum Gasteiger partial charge on any atom is 0.164 e. The van der Waals surface area contributed by atoms with Gasteiger partial charge in [-0.05, 0) is 55.0 Å². The zero-order valence-corrected chi connectivity index (χ0v) is 12.2. The summed E-state index contributed by atoms with van der Waals surface area (Å²) in [6, 6.07) is 10.4. The lowest BCUT2D eigenvalue weighted by atomic mass is 10.2. The van der Waals surface area contributed by atoms with Crippen LogP contribution in [0.25, 0.3) is 16.9 Å². The second-order valence-corrected chi connectivity index (χ2v) is 6.44. The molecule has 0 aliphatic carbocycles. The molecular weight excluding hydrogens is 285 g/mol. The van der Waals surface area contributed by atoms with Gasteiger partial charge in [-0.25, -0.2) is 14.4 Å². The molecule has 2 aromatic heterocycles. The van der Waals surface area contributed by atoms with E-state index >= 15 is 0 Å². The Kier molecular flexibility index (Phi) is 3.15. The number of aromatic nitrogens is 3. The summed E-state index contributed by atoms with van der Waals surface area (Å²) in [6.45, 7) is 0. The van der Waals surface area contributed by atoms with E-state index in [2.05, 4.69) is 9.55 Å². The van der Waals surface area contributed by atoms with Crippen LogP contribution in [-0.4, -0.2) is 20.3 Å². The highest BCUT2D eigenvalue weighted by Crippen LogP contribution is 2.41. The van der Waals surface area contributed by atoms with Gasteiger partial charge in [0, 0.05) is 11.9 Å². The SMILES string of the molecule is Fc1ccc(-n2c(C3CCCS3)nc3cccnc32)cc1. The molecule has 106 valence electrons. The fourth-order valence-corrected chi connectivity index (χ4v) is 4.03. The lowest BCUT2D eigenvalue weighted by Crippen LogP contribution is -2.04. The van der Waals surface area contributed by atoms with Crippen molar-refractivity contribution in [2.75, 3.05) is 5.75 Å². The normalized spacial score (nSPS) is 18.4. The predicted molar refractivity (Wildman–Crippen MR) is 83.3 cm³/mol. The molecule has 1 aliphatic heterocycles. The highest BCUT2D eigenvalue weighted by atomic mass is 32.2. The maximum atomic E-state index is 13.2. The van der Waals surface area contributed by atoms with Crippen molar-refractivity contribution >= 4 is 22.9 Å². The Morgan fingerprint density at radius 3 is 2.81 bits per heavy atom. The standard InChI is InChI=1S/C16H14FN3S/c17-11-5-7-12(8-6-11)20-15-13(3-1-9-18-15)19-16(20)14-4-2-10-21-14/h1,3,5-9,14H,2,4,10H2. The highest BCUT2D eigenvalue weighted by Gasteiger charge is 2.25. The van der Waals surface area contributed by atoms with E-state index in [-0.39, 0.29) is 5.82 Å². The molecule has 1 saturated heterocycles. The van der Waals surface area contributed by atoms with E-state index in [1.165, 1.54) is 24.3 Å². The average molecular weight is 299 g/mol. The van der Waals surface area contributed by atoms with Crippen molar-refractivity contribution in [3.05, 3.63) is 54.2 Å². The van der Waals surface area contributed by atoms with E-state index in [9.17, 15) is 4.39 Å². The number of hydrogen-bond donors (Lipinski definition) is 0. The first-order chi connectivity index (χ1) is 10.3. The van der Waals surface area contributed by atoms with Crippen LogP contribution in [0.15, 0.2) is 42.6 Å². The molecule has 3 nitrogen and oxygen atoms in total. The Hall–Kier alpha value is -1.88. The Morgan fingerprint density at radius 1 is 1.19 bits per heavy atom. The summed E-state index contributed by atoms with van der Waals surface area (Å²) in [6.07, 6.45) is 4.13. The van der Waals surface area contributed by atoms with Gasteiger partial charge in [0.25, 0.3) is 0 Å². The van der Waals surface area contributed by atoms with Crippen LogP contribution >= 0.6 is 11.8 Å². The summed E-state index contributed by atoms with van der Waals surface area (Å²) in [5.41, 5.74) is 2.65. The fourth-order valence-electron chi connectivity index (χ4n) is 2.77. The Bertz CT molecular complexity index is 776. The minimum Gasteiger partial charge on any atom is -0.280 e. The van der Waals surface area contributed by atoms with E-state index < -0.39 is 0 Å². The summed E-state index contributed by atoms with van der Waals surface area (Å²) in [5.74, 6) is 1.97. The molecule has 4 rings (SSSR count). The molecule has 21 heavy (non-hydrogen) atoms. The average Bonchev–Trinajstić information content (AvgIpc) is 3.15. The third-order valence-electron chi connectivity index (χ3n) is 3.74. The van der Waals surface area contributed by atoms with E-state index in [0.717, 1.165) is 29.1 Å². The summed E-state index contributed by atoms with van der Waals surface area (Å²) in [5, 5.41) is 0.393. The zero-order valence-electron chi connectivity index (χ0n) is 11.4. The second kappa shape index (κ2) is 5.15. The summed E-state index contributed by atoms with van der Waals surface area (Å²) < 4.78 is 15.3. The largest absolute Gasteiger partial charge is 0.280 e. The molecule has 1 unspecified atom stereocenters. The maximum absolute atomic E-state index is 13.2. The van der Waals surface area contributed by atoms with Gasteiger partial charge < -0.3 is 0 Å². The number of thioether (sulfide) groups is 1. The van der Waals surface area contributed by atoms with Crippen LogP contribution < -0.4 is 0 Å². The van der Waals surface area contributed by atoms with Gasteiger partial charge >= 0.3 is 0 Å². The van der Waals surface area contributed by atoms with Crippen LogP contribution in [0.2, 0.25) is 0 Å².